The lowest BCUT2D eigenvalue weighted by Crippen LogP contribution is -2.50. The summed E-state index contributed by atoms with van der Waals surface area (Å²) in [5.41, 5.74) is 1.04. The lowest BCUT2D eigenvalue weighted by atomic mass is 9.80. The van der Waals surface area contributed by atoms with E-state index >= 15 is 0 Å². The van der Waals surface area contributed by atoms with Crippen molar-refractivity contribution in [2.24, 2.45) is 5.92 Å². The number of rotatable bonds is 5. The predicted molar refractivity (Wildman–Crippen MR) is 74.5 cm³/mol. The minimum absolute atomic E-state index is 0.0220. The van der Waals surface area contributed by atoms with Crippen LogP contribution in [0.5, 0.6) is 0 Å². The number of amides is 1. The number of methoxy groups -OCH3 is 1. The van der Waals surface area contributed by atoms with Gasteiger partial charge in [0.2, 0.25) is 5.91 Å². The molecular formula is C14H21N3O3. The third-order valence-corrected chi connectivity index (χ3v) is 3.79. The summed E-state index contributed by atoms with van der Waals surface area (Å²) < 4.78 is 6.51. The molecule has 2 rings (SSSR count). The normalized spacial score (nSPS) is 21.4. The zero-order chi connectivity index (χ0) is 14.7. The van der Waals surface area contributed by atoms with Crippen molar-refractivity contribution in [3.63, 3.8) is 0 Å². The lowest BCUT2D eigenvalue weighted by Gasteiger charge is -2.36. The molecule has 1 N–H and O–H groups in total. The molecule has 1 aliphatic carbocycles. The zero-order valence-corrected chi connectivity index (χ0v) is 12.2. The summed E-state index contributed by atoms with van der Waals surface area (Å²) in [7, 11) is 1.66. The van der Waals surface area contributed by atoms with Crippen molar-refractivity contribution in [1.29, 1.82) is 0 Å². The molecule has 0 spiro atoms. The van der Waals surface area contributed by atoms with Crippen LogP contribution in [0.2, 0.25) is 0 Å². The predicted octanol–water partition coefficient (Wildman–Crippen LogP) is 0.401. The Morgan fingerprint density at radius 3 is 2.80 bits per heavy atom. The third kappa shape index (κ3) is 3.25. The zero-order valence-electron chi connectivity index (χ0n) is 12.2. The minimum Gasteiger partial charge on any atom is -0.384 e. The molecule has 110 valence electrons. The van der Waals surface area contributed by atoms with E-state index in [4.69, 9.17) is 4.74 Å². The molecule has 2 atom stereocenters. The lowest BCUT2D eigenvalue weighted by molar-refractivity contribution is -0.124. The Kier molecular flexibility index (Phi) is 4.54. The highest BCUT2D eigenvalue weighted by molar-refractivity contribution is 5.76. The molecule has 0 aromatic carbocycles. The van der Waals surface area contributed by atoms with Crippen LogP contribution in [0.4, 0.5) is 0 Å². The molecular weight excluding hydrogens is 258 g/mol. The van der Waals surface area contributed by atoms with Crippen molar-refractivity contribution in [2.45, 2.75) is 39.3 Å². The fourth-order valence-corrected chi connectivity index (χ4v) is 2.54. The van der Waals surface area contributed by atoms with E-state index in [1.54, 1.807) is 27.0 Å². The van der Waals surface area contributed by atoms with Gasteiger partial charge in [-0.15, -0.1) is 0 Å². The highest BCUT2D eigenvalue weighted by atomic mass is 16.5. The van der Waals surface area contributed by atoms with E-state index in [1.807, 2.05) is 0 Å². The molecule has 6 nitrogen and oxygen atoms in total. The second kappa shape index (κ2) is 6.17. The first kappa shape index (κ1) is 14.7. The number of aryl methyl sites for hydroxylation is 2. The van der Waals surface area contributed by atoms with Gasteiger partial charge in [0, 0.05) is 30.5 Å². The monoisotopic (exact) mass is 279 g/mol. The maximum absolute atomic E-state index is 12.0. The standard InChI is InChI=1S/C14H21N3O3/c1-9-6-10(2)17(14(19)15-9)7-13(18)16-12-5-4-11(12)8-20-3/h6,11-12H,4-5,7-8H2,1-3H3,(H,16,18)/t11-,12-/m1/s1. The molecule has 0 aliphatic heterocycles. The van der Waals surface area contributed by atoms with Crippen LogP contribution in [0.15, 0.2) is 10.9 Å². The quantitative estimate of drug-likeness (QED) is 0.847. The minimum atomic E-state index is -0.375. The summed E-state index contributed by atoms with van der Waals surface area (Å²) in [5, 5.41) is 2.96. The van der Waals surface area contributed by atoms with Crippen LogP contribution in [0.1, 0.15) is 24.2 Å². The number of hydrogen-bond acceptors (Lipinski definition) is 4. The largest absolute Gasteiger partial charge is 0.384 e. The molecule has 1 heterocycles. The van der Waals surface area contributed by atoms with Gasteiger partial charge < -0.3 is 10.1 Å². The van der Waals surface area contributed by atoms with Crippen molar-refractivity contribution in [1.82, 2.24) is 14.9 Å². The Morgan fingerprint density at radius 1 is 1.50 bits per heavy atom. The van der Waals surface area contributed by atoms with Crippen LogP contribution in [-0.4, -0.2) is 35.2 Å². The number of aromatic nitrogens is 2. The number of carbonyl (C=O) groups is 1. The maximum atomic E-state index is 12.0. The number of nitrogens with one attached hydrogen (secondary N) is 1. The molecule has 6 heteroatoms. The van der Waals surface area contributed by atoms with Gasteiger partial charge in [0.05, 0.1) is 6.61 Å². The van der Waals surface area contributed by atoms with Gasteiger partial charge in [-0.05, 0) is 32.8 Å². The van der Waals surface area contributed by atoms with E-state index in [-0.39, 0.29) is 24.2 Å². The van der Waals surface area contributed by atoms with E-state index in [0.29, 0.717) is 18.2 Å². The molecule has 0 bridgehead atoms. The second-order valence-corrected chi connectivity index (χ2v) is 5.37. The summed E-state index contributed by atoms with van der Waals surface area (Å²) in [6.07, 6.45) is 2.05. The van der Waals surface area contributed by atoms with Crippen LogP contribution in [-0.2, 0) is 16.1 Å². The van der Waals surface area contributed by atoms with Gasteiger partial charge in [0.25, 0.3) is 0 Å². The first-order chi connectivity index (χ1) is 9.51. The van der Waals surface area contributed by atoms with E-state index in [2.05, 4.69) is 10.3 Å². The first-order valence-corrected chi connectivity index (χ1v) is 6.84. The SMILES string of the molecule is COC[C@H]1CC[C@H]1NC(=O)Cn1c(C)cc(C)nc1=O. The summed E-state index contributed by atoms with van der Waals surface area (Å²) in [6.45, 7) is 4.26. The van der Waals surface area contributed by atoms with Crippen molar-refractivity contribution < 1.29 is 9.53 Å². The highest BCUT2D eigenvalue weighted by Crippen LogP contribution is 2.27. The number of ether oxygens (including phenoxy) is 1. The molecule has 0 unspecified atom stereocenters. The first-order valence-electron chi connectivity index (χ1n) is 6.84. The third-order valence-electron chi connectivity index (χ3n) is 3.79. The summed E-state index contributed by atoms with van der Waals surface area (Å²) >= 11 is 0. The molecule has 20 heavy (non-hydrogen) atoms. The van der Waals surface area contributed by atoms with Crippen molar-refractivity contribution in [2.75, 3.05) is 13.7 Å². The fraction of sp³-hybridized carbons (Fsp3) is 0.643. The van der Waals surface area contributed by atoms with Gasteiger partial charge >= 0.3 is 5.69 Å². The maximum Gasteiger partial charge on any atom is 0.348 e. The van der Waals surface area contributed by atoms with Gasteiger partial charge in [-0.2, -0.15) is 4.98 Å². The van der Waals surface area contributed by atoms with E-state index in [1.165, 1.54) is 4.57 Å². The Hall–Kier alpha value is -1.69. The van der Waals surface area contributed by atoms with Gasteiger partial charge in [0.1, 0.15) is 6.54 Å². The molecule has 1 aromatic heterocycles. The van der Waals surface area contributed by atoms with Crippen LogP contribution in [0.3, 0.4) is 0 Å². The topological polar surface area (TPSA) is 73.2 Å². The van der Waals surface area contributed by atoms with Crippen LogP contribution in [0.25, 0.3) is 0 Å². The Bertz CT molecular complexity index is 553. The number of hydrogen-bond donors (Lipinski definition) is 1. The molecule has 1 saturated carbocycles. The van der Waals surface area contributed by atoms with Gasteiger partial charge in [-0.1, -0.05) is 0 Å². The van der Waals surface area contributed by atoms with Gasteiger partial charge in [-0.25, -0.2) is 4.79 Å². The van der Waals surface area contributed by atoms with Crippen LogP contribution >= 0.6 is 0 Å². The van der Waals surface area contributed by atoms with Crippen LogP contribution in [0, 0.1) is 19.8 Å². The number of nitrogens with zero attached hydrogens (tertiary/aromatic N) is 2. The molecule has 0 radical (unpaired) electrons. The van der Waals surface area contributed by atoms with Crippen molar-refractivity contribution in [3.05, 3.63) is 27.9 Å². The van der Waals surface area contributed by atoms with Crippen molar-refractivity contribution in [3.8, 4) is 0 Å². The van der Waals surface area contributed by atoms with Crippen LogP contribution < -0.4 is 11.0 Å². The molecule has 1 aromatic rings. The summed E-state index contributed by atoms with van der Waals surface area (Å²) in [5.74, 6) is 0.240. The van der Waals surface area contributed by atoms with E-state index in [9.17, 15) is 9.59 Å². The van der Waals surface area contributed by atoms with E-state index < -0.39 is 0 Å². The molecule has 1 aliphatic rings. The smallest absolute Gasteiger partial charge is 0.348 e. The Labute approximate surface area is 118 Å². The van der Waals surface area contributed by atoms with E-state index in [0.717, 1.165) is 18.5 Å². The fourth-order valence-electron chi connectivity index (χ4n) is 2.54. The Morgan fingerprint density at radius 2 is 2.25 bits per heavy atom. The molecule has 1 amide bonds. The van der Waals surface area contributed by atoms with Crippen molar-refractivity contribution >= 4 is 5.91 Å². The Balaban J connectivity index is 1.97. The molecule has 0 saturated heterocycles. The van der Waals surface area contributed by atoms with Gasteiger partial charge in [0.15, 0.2) is 0 Å². The highest BCUT2D eigenvalue weighted by Gasteiger charge is 2.31. The summed E-state index contributed by atoms with van der Waals surface area (Å²) in [6, 6.07) is 1.96. The average molecular weight is 279 g/mol. The second-order valence-electron chi connectivity index (χ2n) is 5.37. The molecule has 1 fully saturated rings. The number of carbonyl (C=O) groups excluding carboxylic acids is 1. The van der Waals surface area contributed by atoms with Gasteiger partial charge in [-0.3, -0.25) is 9.36 Å². The average Bonchev–Trinajstić information content (AvgIpc) is 2.36. The summed E-state index contributed by atoms with van der Waals surface area (Å²) in [4.78, 5) is 27.7.